The number of benzene rings is 2. The highest BCUT2D eigenvalue weighted by Crippen LogP contribution is 2.29. The highest BCUT2D eigenvalue weighted by molar-refractivity contribution is 14.0. The molecule has 0 fully saturated rings. The van der Waals surface area contributed by atoms with E-state index in [1.54, 1.807) is 11.3 Å². The lowest BCUT2D eigenvalue weighted by molar-refractivity contribution is 0.191. The number of rotatable bonds is 8. The first-order valence-corrected chi connectivity index (χ1v) is 11.1. The van der Waals surface area contributed by atoms with Gasteiger partial charge in [0.15, 0.2) is 5.96 Å². The summed E-state index contributed by atoms with van der Waals surface area (Å²) in [6.07, 6.45) is 2.24. The summed E-state index contributed by atoms with van der Waals surface area (Å²) in [7, 11) is 0. The number of aromatic nitrogens is 2. The summed E-state index contributed by atoms with van der Waals surface area (Å²) in [4.78, 5) is 9.96. The fraction of sp³-hybridized carbons (Fsp3) is 0.304. The molecule has 31 heavy (non-hydrogen) atoms. The second kappa shape index (κ2) is 11.4. The third-order valence-electron chi connectivity index (χ3n) is 4.94. The number of aliphatic imine (C=N–C) groups is 1. The molecule has 4 aromatic rings. The molecule has 0 aliphatic rings. The lowest BCUT2D eigenvalue weighted by Crippen LogP contribution is -2.38. The Morgan fingerprint density at radius 2 is 1.97 bits per heavy atom. The van der Waals surface area contributed by atoms with Crippen molar-refractivity contribution in [2.24, 2.45) is 4.99 Å². The maximum atomic E-state index is 10.6. The summed E-state index contributed by atoms with van der Waals surface area (Å²) in [5, 5.41) is 18.4. The summed E-state index contributed by atoms with van der Waals surface area (Å²) in [6.45, 7) is 4.82. The standard InChI is InChI=1S/C23H27N5OS.HI/c1-2-24-23(25-12-7-13-28-16-27-18-9-4-5-10-19(18)28)26-15-20(29)22-14-17-8-3-6-11-21(17)30-22;/h3-6,8-11,14,16,20,29H,2,7,12-13,15H2,1H3,(H2,24,25,26);1H. The fourth-order valence-electron chi connectivity index (χ4n) is 3.42. The monoisotopic (exact) mass is 549 g/mol. The van der Waals surface area contributed by atoms with Gasteiger partial charge in [-0.25, -0.2) is 4.98 Å². The first kappa shape index (κ1) is 23.5. The molecule has 0 aliphatic heterocycles. The number of halogens is 1. The molecule has 2 aromatic carbocycles. The van der Waals surface area contributed by atoms with Gasteiger partial charge in [-0.05, 0) is 43.0 Å². The number of hydrogen-bond donors (Lipinski definition) is 3. The molecule has 0 saturated heterocycles. The molecule has 1 atom stereocenters. The van der Waals surface area contributed by atoms with E-state index in [-0.39, 0.29) is 24.0 Å². The number of imidazole rings is 1. The van der Waals surface area contributed by atoms with Crippen molar-refractivity contribution in [3.63, 3.8) is 0 Å². The molecule has 0 spiro atoms. The lowest BCUT2D eigenvalue weighted by atomic mass is 10.2. The number of aliphatic hydroxyl groups is 1. The molecule has 0 amide bonds. The van der Waals surface area contributed by atoms with Crippen LogP contribution in [0, 0.1) is 0 Å². The quantitative estimate of drug-likeness (QED) is 0.131. The molecule has 0 saturated carbocycles. The van der Waals surface area contributed by atoms with Gasteiger partial charge in [0.2, 0.25) is 0 Å². The minimum absolute atomic E-state index is 0. The Morgan fingerprint density at radius 1 is 1.16 bits per heavy atom. The number of fused-ring (bicyclic) bond motifs is 2. The predicted molar refractivity (Wildman–Crippen MR) is 141 cm³/mol. The highest BCUT2D eigenvalue weighted by atomic mass is 127. The van der Waals surface area contributed by atoms with Crippen LogP contribution in [-0.2, 0) is 6.54 Å². The van der Waals surface area contributed by atoms with Crippen LogP contribution in [-0.4, -0.2) is 40.3 Å². The van der Waals surface area contributed by atoms with Crippen molar-refractivity contribution in [2.75, 3.05) is 19.6 Å². The summed E-state index contributed by atoms with van der Waals surface area (Å²) in [6, 6.07) is 18.4. The number of nitrogens with one attached hydrogen (secondary N) is 2. The molecule has 0 radical (unpaired) electrons. The number of guanidine groups is 1. The van der Waals surface area contributed by atoms with E-state index >= 15 is 0 Å². The van der Waals surface area contributed by atoms with Gasteiger partial charge in [0.1, 0.15) is 6.10 Å². The molecule has 164 valence electrons. The largest absolute Gasteiger partial charge is 0.386 e. The molecule has 2 heterocycles. The van der Waals surface area contributed by atoms with Gasteiger partial charge < -0.3 is 20.3 Å². The van der Waals surface area contributed by atoms with E-state index in [1.807, 2.05) is 43.6 Å². The van der Waals surface area contributed by atoms with Crippen LogP contribution in [0.2, 0.25) is 0 Å². The van der Waals surface area contributed by atoms with Crippen molar-refractivity contribution in [2.45, 2.75) is 26.0 Å². The van der Waals surface area contributed by atoms with Gasteiger partial charge in [-0.2, -0.15) is 0 Å². The Morgan fingerprint density at radius 3 is 2.81 bits per heavy atom. The van der Waals surface area contributed by atoms with Crippen LogP contribution in [0.1, 0.15) is 24.3 Å². The second-order valence-corrected chi connectivity index (χ2v) is 8.24. The Balaban J connectivity index is 0.00000272. The van der Waals surface area contributed by atoms with Crippen molar-refractivity contribution in [3.8, 4) is 0 Å². The number of hydrogen-bond acceptors (Lipinski definition) is 4. The first-order valence-electron chi connectivity index (χ1n) is 10.3. The van der Waals surface area contributed by atoms with Crippen LogP contribution < -0.4 is 10.6 Å². The summed E-state index contributed by atoms with van der Waals surface area (Å²) in [5.41, 5.74) is 2.18. The van der Waals surface area contributed by atoms with Crippen molar-refractivity contribution in [1.29, 1.82) is 0 Å². The summed E-state index contributed by atoms with van der Waals surface area (Å²) in [5.74, 6) is 0.730. The zero-order chi connectivity index (χ0) is 20.8. The predicted octanol–water partition coefficient (Wildman–Crippen LogP) is 4.55. The first-order chi connectivity index (χ1) is 14.7. The van der Waals surface area contributed by atoms with Crippen LogP contribution in [0.3, 0.4) is 0 Å². The topological polar surface area (TPSA) is 74.5 Å². The third kappa shape index (κ3) is 5.96. The van der Waals surface area contributed by atoms with E-state index in [9.17, 15) is 5.11 Å². The lowest BCUT2D eigenvalue weighted by Gasteiger charge is -2.13. The highest BCUT2D eigenvalue weighted by Gasteiger charge is 2.11. The summed E-state index contributed by atoms with van der Waals surface area (Å²) >= 11 is 1.62. The Bertz CT molecular complexity index is 1110. The molecule has 0 bridgehead atoms. The second-order valence-electron chi connectivity index (χ2n) is 7.13. The normalized spacial score (nSPS) is 12.6. The van der Waals surface area contributed by atoms with Crippen LogP contribution in [0.5, 0.6) is 0 Å². The molecule has 0 aliphatic carbocycles. The van der Waals surface area contributed by atoms with Crippen LogP contribution in [0.15, 0.2) is 65.9 Å². The van der Waals surface area contributed by atoms with Crippen LogP contribution >= 0.6 is 35.3 Å². The Kier molecular flexibility index (Phi) is 8.68. The van der Waals surface area contributed by atoms with Gasteiger partial charge in [0, 0.05) is 29.2 Å². The van der Waals surface area contributed by atoms with Crippen molar-refractivity contribution in [1.82, 2.24) is 20.2 Å². The Hall–Kier alpha value is -2.17. The fourth-order valence-corrected chi connectivity index (χ4v) is 4.46. The minimum atomic E-state index is -0.602. The molecular formula is C23H28IN5OS. The van der Waals surface area contributed by atoms with E-state index in [1.165, 1.54) is 4.70 Å². The number of nitrogens with zero attached hydrogens (tertiary/aromatic N) is 3. The van der Waals surface area contributed by atoms with Gasteiger partial charge in [-0.15, -0.1) is 35.3 Å². The van der Waals surface area contributed by atoms with Crippen molar-refractivity contribution < 1.29 is 5.11 Å². The molecule has 1 unspecified atom stereocenters. The average Bonchev–Trinajstić information content (AvgIpc) is 3.39. The number of para-hydroxylation sites is 2. The Labute approximate surface area is 203 Å². The average molecular weight is 549 g/mol. The molecule has 3 N–H and O–H groups in total. The third-order valence-corrected chi connectivity index (χ3v) is 6.15. The minimum Gasteiger partial charge on any atom is -0.386 e. The van der Waals surface area contributed by atoms with Gasteiger partial charge in [-0.1, -0.05) is 30.3 Å². The smallest absolute Gasteiger partial charge is 0.191 e. The van der Waals surface area contributed by atoms with E-state index < -0.39 is 6.10 Å². The zero-order valence-corrected chi connectivity index (χ0v) is 20.6. The molecule has 8 heteroatoms. The van der Waals surface area contributed by atoms with Gasteiger partial charge >= 0.3 is 0 Å². The molecule has 2 aromatic heterocycles. The van der Waals surface area contributed by atoms with E-state index in [0.717, 1.165) is 53.3 Å². The van der Waals surface area contributed by atoms with Crippen LogP contribution in [0.4, 0.5) is 0 Å². The van der Waals surface area contributed by atoms with E-state index in [2.05, 4.69) is 49.4 Å². The van der Waals surface area contributed by atoms with Crippen LogP contribution in [0.25, 0.3) is 21.1 Å². The van der Waals surface area contributed by atoms with Gasteiger partial charge in [0.25, 0.3) is 0 Å². The van der Waals surface area contributed by atoms with Crippen molar-refractivity contribution in [3.05, 3.63) is 65.8 Å². The maximum Gasteiger partial charge on any atom is 0.191 e. The zero-order valence-electron chi connectivity index (χ0n) is 17.5. The van der Waals surface area contributed by atoms with Gasteiger partial charge in [0.05, 0.1) is 23.9 Å². The SMILES string of the molecule is CCNC(=NCC(O)c1cc2ccccc2s1)NCCCn1cnc2ccccc21.I. The molecule has 4 rings (SSSR count). The maximum absolute atomic E-state index is 10.6. The number of thiophene rings is 1. The van der Waals surface area contributed by atoms with E-state index in [0.29, 0.717) is 6.54 Å². The van der Waals surface area contributed by atoms with E-state index in [4.69, 9.17) is 0 Å². The molecule has 6 nitrogen and oxygen atoms in total. The van der Waals surface area contributed by atoms with Gasteiger partial charge in [-0.3, -0.25) is 4.99 Å². The number of aryl methyl sites for hydroxylation is 1. The number of aliphatic hydroxyl groups excluding tert-OH is 1. The molecular weight excluding hydrogens is 521 g/mol. The van der Waals surface area contributed by atoms with Crippen molar-refractivity contribution >= 4 is 62.4 Å². The summed E-state index contributed by atoms with van der Waals surface area (Å²) < 4.78 is 3.36.